The average molecular weight is 198 g/mol. The summed E-state index contributed by atoms with van der Waals surface area (Å²) in [6.07, 6.45) is 2.59. The molecule has 0 aliphatic heterocycles. The lowest BCUT2D eigenvalue weighted by molar-refractivity contribution is 0.0235. The van der Waals surface area contributed by atoms with Gasteiger partial charge in [0.05, 0.1) is 0 Å². The normalized spacial score (nSPS) is 16.1. The highest BCUT2D eigenvalue weighted by atomic mass is 14.4. The second kappa shape index (κ2) is 4.68. The minimum Gasteiger partial charge on any atom is -0.0649 e. The van der Waals surface area contributed by atoms with E-state index in [9.17, 15) is 0 Å². The predicted octanol–water partition coefficient (Wildman–Crippen LogP) is 5.13. The summed E-state index contributed by atoms with van der Waals surface area (Å²) in [6.45, 7) is 19.1. The van der Waals surface area contributed by atoms with Gasteiger partial charge < -0.3 is 0 Å². The third-order valence-electron chi connectivity index (χ3n) is 3.97. The summed E-state index contributed by atoms with van der Waals surface area (Å²) in [5, 5.41) is 0. The SMILES string of the molecule is CCC(C)(CC)C(C(C)C)C(C)(C)C. The summed E-state index contributed by atoms with van der Waals surface area (Å²) in [5.74, 6) is 1.59. The molecule has 0 bridgehead atoms. The van der Waals surface area contributed by atoms with Crippen LogP contribution in [0, 0.1) is 22.7 Å². The first-order chi connectivity index (χ1) is 6.19. The van der Waals surface area contributed by atoms with Gasteiger partial charge in [-0.2, -0.15) is 0 Å². The molecule has 0 aromatic rings. The van der Waals surface area contributed by atoms with Crippen molar-refractivity contribution in [3.05, 3.63) is 0 Å². The van der Waals surface area contributed by atoms with Crippen LogP contribution < -0.4 is 0 Å². The van der Waals surface area contributed by atoms with Crippen LogP contribution in [0.15, 0.2) is 0 Å². The van der Waals surface area contributed by atoms with E-state index in [2.05, 4.69) is 55.4 Å². The summed E-state index contributed by atoms with van der Waals surface area (Å²) in [5.41, 5.74) is 0.932. The molecule has 14 heavy (non-hydrogen) atoms. The molecule has 0 heteroatoms. The predicted molar refractivity (Wildman–Crippen MR) is 66.5 cm³/mol. The van der Waals surface area contributed by atoms with Crippen LogP contribution in [0.2, 0.25) is 0 Å². The van der Waals surface area contributed by atoms with Crippen LogP contribution in [-0.2, 0) is 0 Å². The van der Waals surface area contributed by atoms with Crippen molar-refractivity contribution in [1.82, 2.24) is 0 Å². The Bertz CT molecular complexity index is 155. The first-order valence-corrected chi connectivity index (χ1v) is 6.19. The van der Waals surface area contributed by atoms with Gasteiger partial charge in [-0.25, -0.2) is 0 Å². The van der Waals surface area contributed by atoms with Crippen molar-refractivity contribution in [3.63, 3.8) is 0 Å². The Morgan fingerprint density at radius 2 is 1.21 bits per heavy atom. The third kappa shape index (κ3) is 3.00. The van der Waals surface area contributed by atoms with Crippen LogP contribution in [0.3, 0.4) is 0 Å². The highest BCUT2D eigenvalue weighted by Gasteiger charge is 2.40. The molecule has 0 spiro atoms. The zero-order valence-electron chi connectivity index (χ0n) is 11.6. The summed E-state index contributed by atoms with van der Waals surface area (Å²) >= 11 is 0. The fraction of sp³-hybridized carbons (Fsp3) is 1.00. The van der Waals surface area contributed by atoms with Crippen molar-refractivity contribution in [3.8, 4) is 0 Å². The highest BCUT2D eigenvalue weighted by Crippen LogP contribution is 2.48. The van der Waals surface area contributed by atoms with Gasteiger partial charge in [0.25, 0.3) is 0 Å². The lowest BCUT2D eigenvalue weighted by Gasteiger charge is -2.47. The Morgan fingerprint density at radius 1 is 0.857 bits per heavy atom. The molecule has 0 rings (SSSR count). The maximum atomic E-state index is 2.46. The van der Waals surface area contributed by atoms with Gasteiger partial charge in [0, 0.05) is 0 Å². The van der Waals surface area contributed by atoms with Crippen molar-refractivity contribution in [2.45, 2.75) is 68.2 Å². The van der Waals surface area contributed by atoms with E-state index in [4.69, 9.17) is 0 Å². The topological polar surface area (TPSA) is 0 Å². The second-order valence-corrected chi connectivity index (χ2v) is 6.45. The minimum absolute atomic E-state index is 0.426. The molecule has 0 amide bonds. The Labute approximate surface area is 91.5 Å². The first kappa shape index (κ1) is 14.0. The number of hydrogen-bond donors (Lipinski definition) is 0. The van der Waals surface area contributed by atoms with Gasteiger partial charge in [0.1, 0.15) is 0 Å². The molecule has 86 valence electrons. The van der Waals surface area contributed by atoms with Crippen LogP contribution in [0.1, 0.15) is 68.2 Å². The van der Waals surface area contributed by atoms with E-state index < -0.39 is 0 Å². The largest absolute Gasteiger partial charge is 0.0649 e. The molecule has 0 heterocycles. The fourth-order valence-electron chi connectivity index (χ4n) is 3.54. The maximum Gasteiger partial charge on any atom is -0.0288 e. The summed E-state index contributed by atoms with van der Waals surface area (Å²) < 4.78 is 0. The van der Waals surface area contributed by atoms with Crippen LogP contribution in [0.5, 0.6) is 0 Å². The Kier molecular flexibility index (Phi) is 4.68. The Balaban J connectivity index is 5.00. The van der Waals surface area contributed by atoms with Gasteiger partial charge in [-0.1, -0.05) is 68.2 Å². The molecule has 0 saturated heterocycles. The van der Waals surface area contributed by atoms with Crippen LogP contribution in [0.4, 0.5) is 0 Å². The molecule has 0 aromatic heterocycles. The van der Waals surface area contributed by atoms with Gasteiger partial charge in [0.15, 0.2) is 0 Å². The molecule has 1 atom stereocenters. The third-order valence-corrected chi connectivity index (χ3v) is 3.97. The number of hydrogen-bond acceptors (Lipinski definition) is 0. The van der Waals surface area contributed by atoms with Gasteiger partial charge in [0.2, 0.25) is 0 Å². The maximum absolute atomic E-state index is 2.46. The summed E-state index contributed by atoms with van der Waals surface area (Å²) in [6, 6.07) is 0. The van der Waals surface area contributed by atoms with E-state index in [0.29, 0.717) is 10.8 Å². The fourth-order valence-corrected chi connectivity index (χ4v) is 3.54. The molecular formula is C14H30. The van der Waals surface area contributed by atoms with E-state index in [1.54, 1.807) is 0 Å². The molecule has 0 radical (unpaired) electrons. The summed E-state index contributed by atoms with van der Waals surface area (Å²) in [7, 11) is 0. The van der Waals surface area contributed by atoms with E-state index in [0.717, 1.165) is 11.8 Å². The first-order valence-electron chi connectivity index (χ1n) is 6.19. The Morgan fingerprint density at radius 3 is 1.29 bits per heavy atom. The second-order valence-electron chi connectivity index (χ2n) is 6.45. The minimum atomic E-state index is 0.426. The van der Waals surface area contributed by atoms with Gasteiger partial charge >= 0.3 is 0 Å². The van der Waals surface area contributed by atoms with E-state index >= 15 is 0 Å². The molecule has 0 saturated carbocycles. The van der Waals surface area contributed by atoms with Crippen molar-refractivity contribution in [2.24, 2.45) is 22.7 Å². The van der Waals surface area contributed by atoms with Crippen LogP contribution in [0.25, 0.3) is 0 Å². The van der Waals surface area contributed by atoms with Crippen molar-refractivity contribution in [2.75, 3.05) is 0 Å². The average Bonchev–Trinajstić information content (AvgIpc) is 2.00. The molecule has 0 aliphatic carbocycles. The van der Waals surface area contributed by atoms with Crippen molar-refractivity contribution >= 4 is 0 Å². The lowest BCUT2D eigenvalue weighted by Crippen LogP contribution is -2.39. The molecule has 0 aromatic carbocycles. The molecule has 0 N–H and O–H groups in total. The molecule has 1 unspecified atom stereocenters. The molecule has 0 nitrogen and oxygen atoms in total. The van der Waals surface area contributed by atoms with Gasteiger partial charge in [-0.3, -0.25) is 0 Å². The van der Waals surface area contributed by atoms with E-state index in [1.165, 1.54) is 12.8 Å². The zero-order valence-corrected chi connectivity index (χ0v) is 11.6. The zero-order chi connectivity index (χ0) is 11.6. The monoisotopic (exact) mass is 198 g/mol. The standard InChI is InChI=1S/C14H30/c1-9-14(8,10-2)12(11(3)4)13(5,6)7/h11-12H,9-10H2,1-8H3. The van der Waals surface area contributed by atoms with Crippen molar-refractivity contribution in [1.29, 1.82) is 0 Å². The quantitative estimate of drug-likeness (QED) is 0.587. The van der Waals surface area contributed by atoms with Crippen LogP contribution in [-0.4, -0.2) is 0 Å². The van der Waals surface area contributed by atoms with E-state index in [1.807, 2.05) is 0 Å². The van der Waals surface area contributed by atoms with E-state index in [-0.39, 0.29) is 0 Å². The number of rotatable bonds is 4. The highest BCUT2D eigenvalue weighted by molar-refractivity contribution is 4.89. The lowest BCUT2D eigenvalue weighted by atomic mass is 9.58. The molecular weight excluding hydrogens is 168 g/mol. The molecule has 0 fully saturated rings. The smallest absolute Gasteiger partial charge is 0.0288 e. The Hall–Kier alpha value is 0. The summed E-state index contributed by atoms with van der Waals surface area (Å²) in [4.78, 5) is 0. The van der Waals surface area contributed by atoms with Gasteiger partial charge in [-0.05, 0) is 22.7 Å². The molecule has 0 aliphatic rings. The van der Waals surface area contributed by atoms with Crippen LogP contribution >= 0.6 is 0 Å². The van der Waals surface area contributed by atoms with Crippen molar-refractivity contribution < 1.29 is 0 Å². The van der Waals surface area contributed by atoms with Gasteiger partial charge in [-0.15, -0.1) is 0 Å².